The number of rotatable bonds is 4. The van der Waals surface area contributed by atoms with Crippen LogP contribution in [0.3, 0.4) is 0 Å². The van der Waals surface area contributed by atoms with Crippen molar-refractivity contribution in [2.45, 2.75) is 0 Å². The molecule has 0 saturated heterocycles. The van der Waals surface area contributed by atoms with E-state index < -0.39 is 0 Å². The standard InChI is InChI=1S/C41H23N7/c42-24-26-10-8-12-28(20-26)39-44-40(29-13-9-11-27(21-29)25-43)46-41(45-39)48-36-19-7-5-17-32(36)34-22-37-33(23-38(34)48)31-16-4-6-18-35(31)47(37)30-14-2-1-3-15-30/h1-23H. The zero-order valence-electron chi connectivity index (χ0n) is 25.4. The molecule has 7 heteroatoms. The number of hydrogen-bond acceptors (Lipinski definition) is 5. The molecule has 0 aliphatic carbocycles. The molecule has 0 aliphatic heterocycles. The van der Waals surface area contributed by atoms with E-state index in [1.165, 1.54) is 0 Å². The van der Waals surface area contributed by atoms with E-state index in [4.69, 9.17) is 15.0 Å². The fourth-order valence-corrected chi connectivity index (χ4v) is 6.68. The second-order valence-corrected chi connectivity index (χ2v) is 11.6. The van der Waals surface area contributed by atoms with Crippen LogP contribution < -0.4 is 0 Å². The highest BCUT2D eigenvalue weighted by Crippen LogP contribution is 2.39. The summed E-state index contributed by atoms with van der Waals surface area (Å²) in [5.74, 6) is 1.31. The van der Waals surface area contributed by atoms with Gasteiger partial charge in [0.1, 0.15) is 0 Å². The highest BCUT2D eigenvalue weighted by atomic mass is 15.2. The first kappa shape index (κ1) is 27.2. The summed E-state index contributed by atoms with van der Waals surface area (Å²) in [7, 11) is 0. The molecule has 6 aromatic carbocycles. The summed E-state index contributed by atoms with van der Waals surface area (Å²) in [5, 5.41) is 23.7. The summed E-state index contributed by atoms with van der Waals surface area (Å²) in [4.78, 5) is 15.0. The largest absolute Gasteiger partial charge is 0.309 e. The predicted molar refractivity (Wildman–Crippen MR) is 189 cm³/mol. The minimum Gasteiger partial charge on any atom is -0.309 e. The third-order valence-corrected chi connectivity index (χ3v) is 8.80. The molecule has 9 rings (SSSR count). The quantitative estimate of drug-likeness (QED) is 0.197. The highest BCUT2D eigenvalue weighted by Gasteiger charge is 2.21. The fourth-order valence-electron chi connectivity index (χ4n) is 6.68. The summed E-state index contributed by atoms with van der Waals surface area (Å²) in [6, 6.07) is 50.7. The van der Waals surface area contributed by atoms with Gasteiger partial charge in [-0.15, -0.1) is 0 Å². The van der Waals surface area contributed by atoms with Crippen molar-refractivity contribution < 1.29 is 0 Å². The molecule has 0 radical (unpaired) electrons. The van der Waals surface area contributed by atoms with Crippen molar-refractivity contribution >= 4 is 43.6 Å². The Morgan fingerprint density at radius 2 is 0.917 bits per heavy atom. The SMILES string of the molecule is N#Cc1cccc(-c2nc(-c3cccc(C#N)c3)nc(-n3c4ccccc4c4cc5c(cc43)c3ccccc3n5-c3ccccc3)n2)c1. The second kappa shape index (κ2) is 10.8. The monoisotopic (exact) mass is 613 g/mol. The van der Waals surface area contributed by atoms with Gasteiger partial charge in [0.05, 0.1) is 45.3 Å². The molecule has 3 aromatic heterocycles. The molecular formula is C41H23N7. The maximum absolute atomic E-state index is 9.64. The van der Waals surface area contributed by atoms with Crippen LogP contribution in [0.1, 0.15) is 11.1 Å². The lowest BCUT2D eigenvalue weighted by atomic mass is 10.1. The third kappa shape index (κ3) is 4.23. The number of nitrogens with zero attached hydrogens (tertiary/aromatic N) is 7. The molecule has 0 fully saturated rings. The second-order valence-electron chi connectivity index (χ2n) is 11.6. The van der Waals surface area contributed by atoms with E-state index in [0.717, 1.165) is 49.3 Å². The Morgan fingerprint density at radius 3 is 1.48 bits per heavy atom. The molecule has 9 aromatic rings. The van der Waals surface area contributed by atoms with Gasteiger partial charge in [-0.2, -0.15) is 20.5 Å². The van der Waals surface area contributed by atoms with Crippen molar-refractivity contribution in [3.8, 4) is 46.5 Å². The lowest BCUT2D eigenvalue weighted by Crippen LogP contribution is -2.06. The Balaban J connectivity index is 1.39. The summed E-state index contributed by atoms with van der Waals surface area (Å²) in [6.45, 7) is 0. The minimum atomic E-state index is 0.433. The first-order valence-corrected chi connectivity index (χ1v) is 15.5. The van der Waals surface area contributed by atoms with Crippen LogP contribution in [0.15, 0.2) is 140 Å². The molecular weight excluding hydrogens is 591 g/mol. The first-order valence-electron chi connectivity index (χ1n) is 15.5. The van der Waals surface area contributed by atoms with Crippen LogP contribution in [0.25, 0.3) is 78.0 Å². The van der Waals surface area contributed by atoms with Crippen molar-refractivity contribution in [1.82, 2.24) is 24.1 Å². The molecule has 0 unspecified atom stereocenters. The predicted octanol–water partition coefficient (Wildman–Crippen LogP) is 9.14. The van der Waals surface area contributed by atoms with Crippen molar-refractivity contribution in [2.75, 3.05) is 0 Å². The number of hydrogen-bond donors (Lipinski definition) is 0. The molecule has 3 heterocycles. The smallest absolute Gasteiger partial charge is 0.238 e. The lowest BCUT2D eigenvalue weighted by molar-refractivity contribution is 0.953. The zero-order valence-corrected chi connectivity index (χ0v) is 25.4. The highest BCUT2D eigenvalue weighted by molar-refractivity contribution is 6.18. The van der Waals surface area contributed by atoms with Gasteiger partial charge in [0, 0.05) is 38.4 Å². The maximum atomic E-state index is 9.64. The van der Waals surface area contributed by atoms with E-state index in [1.54, 1.807) is 24.3 Å². The van der Waals surface area contributed by atoms with Crippen LogP contribution in [0.2, 0.25) is 0 Å². The van der Waals surface area contributed by atoms with Crippen molar-refractivity contribution in [2.24, 2.45) is 0 Å². The van der Waals surface area contributed by atoms with E-state index in [1.807, 2.05) is 42.5 Å². The molecule has 0 aliphatic rings. The minimum absolute atomic E-state index is 0.433. The molecule has 0 amide bonds. The van der Waals surface area contributed by atoms with Gasteiger partial charge in [0.25, 0.3) is 0 Å². The van der Waals surface area contributed by atoms with E-state index in [0.29, 0.717) is 39.9 Å². The van der Waals surface area contributed by atoms with Gasteiger partial charge in [-0.1, -0.05) is 78.9 Å². The van der Waals surface area contributed by atoms with Gasteiger partial charge in [0.2, 0.25) is 5.95 Å². The molecule has 222 valence electrons. The first-order chi connectivity index (χ1) is 23.7. The van der Waals surface area contributed by atoms with E-state index in [2.05, 4.69) is 94.1 Å². The van der Waals surface area contributed by atoms with Crippen LogP contribution in [-0.4, -0.2) is 24.1 Å². The van der Waals surface area contributed by atoms with Crippen LogP contribution >= 0.6 is 0 Å². The summed E-state index contributed by atoms with van der Waals surface area (Å²) >= 11 is 0. The number of fused-ring (bicyclic) bond motifs is 6. The molecule has 7 nitrogen and oxygen atoms in total. The van der Waals surface area contributed by atoms with Crippen molar-refractivity contribution in [3.63, 3.8) is 0 Å². The Kier molecular flexibility index (Phi) is 6.11. The van der Waals surface area contributed by atoms with Gasteiger partial charge in [-0.3, -0.25) is 4.57 Å². The van der Waals surface area contributed by atoms with Crippen molar-refractivity contribution in [1.29, 1.82) is 10.5 Å². The third-order valence-electron chi connectivity index (χ3n) is 8.80. The van der Waals surface area contributed by atoms with Gasteiger partial charge in [-0.25, -0.2) is 4.98 Å². The number of nitriles is 2. The molecule has 0 bridgehead atoms. The van der Waals surface area contributed by atoms with Crippen LogP contribution in [-0.2, 0) is 0 Å². The summed E-state index contributed by atoms with van der Waals surface area (Å²) in [6.07, 6.45) is 0. The molecule has 48 heavy (non-hydrogen) atoms. The van der Waals surface area contributed by atoms with Gasteiger partial charge < -0.3 is 4.57 Å². The molecule has 0 spiro atoms. The van der Waals surface area contributed by atoms with E-state index >= 15 is 0 Å². The topological polar surface area (TPSA) is 96.1 Å². The van der Waals surface area contributed by atoms with E-state index in [9.17, 15) is 10.5 Å². The molecule has 0 atom stereocenters. The normalized spacial score (nSPS) is 11.3. The Labute approximate surface area is 274 Å². The lowest BCUT2D eigenvalue weighted by Gasteiger charge is -2.11. The van der Waals surface area contributed by atoms with Gasteiger partial charge in [0.15, 0.2) is 11.6 Å². The van der Waals surface area contributed by atoms with Crippen molar-refractivity contribution in [3.05, 3.63) is 151 Å². The van der Waals surface area contributed by atoms with Gasteiger partial charge >= 0.3 is 0 Å². The Bertz CT molecular complexity index is 2740. The average Bonchev–Trinajstić information content (AvgIpc) is 3.66. The zero-order chi connectivity index (χ0) is 32.2. The van der Waals surface area contributed by atoms with Crippen LogP contribution in [0.4, 0.5) is 0 Å². The number of benzene rings is 6. The Morgan fingerprint density at radius 1 is 0.417 bits per heavy atom. The van der Waals surface area contributed by atoms with E-state index in [-0.39, 0.29) is 0 Å². The molecule has 0 saturated carbocycles. The van der Waals surface area contributed by atoms with Crippen LogP contribution in [0.5, 0.6) is 0 Å². The number of para-hydroxylation sites is 3. The van der Waals surface area contributed by atoms with Gasteiger partial charge in [-0.05, 0) is 60.7 Å². The summed E-state index contributed by atoms with van der Waals surface area (Å²) in [5.41, 5.74) is 7.66. The van der Waals surface area contributed by atoms with Crippen LogP contribution in [0, 0.1) is 22.7 Å². The fraction of sp³-hybridized carbons (Fsp3) is 0. The summed E-state index contributed by atoms with van der Waals surface area (Å²) < 4.78 is 4.41. The average molecular weight is 614 g/mol. The molecule has 0 N–H and O–H groups in total. The maximum Gasteiger partial charge on any atom is 0.238 e. The number of aromatic nitrogens is 5. The Hall–Kier alpha value is -7.09.